The van der Waals surface area contributed by atoms with Crippen molar-refractivity contribution >= 4 is 11.6 Å². The molecule has 0 unspecified atom stereocenters. The van der Waals surface area contributed by atoms with Gasteiger partial charge in [-0.3, -0.25) is 4.79 Å². The second-order valence-electron chi connectivity index (χ2n) is 4.52. The van der Waals surface area contributed by atoms with Gasteiger partial charge in [-0.25, -0.2) is 4.98 Å². The van der Waals surface area contributed by atoms with E-state index in [0.29, 0.717) is 17.1 Å². The van der Waals surface area contributed by atoms with E-state index in [1.807, 2.05) is 26.8 Å². The Morgan fingerprint density at radius 1 is 1.37 bits per heavy atom. The number of carbonyl (C=O) groups excluding carboxylic acids is 1. The minimum atomic E-state index is -0.231. The number of nitrogens with one attached hydrogen (secondary N) is 1. The van der Waals surface area contributed by atoms with Crippen molar-refractivity contribution in [2.75, 3.05) is 5.73 Å². The van der Waals surface area contributed by atoms with Gasteiger partial charge >= 0.3 is 0 Å². The van der Waals surface area contributed by atoms with E-state index in [9.17, 15) is 4.79 Å². The molecule has 2 aromatic rings. The third-order valence-electron chi connectivity index (χ3n) is 2.92. The molecule has 19 heavy (non-hydrogen) atoms. The van der Waals surface area contributed by atoms with Gasteiger partial charge in [-0.1, -0.05) is 6.07 Å². The number of nitrogens with zero attached hydrogens (tertiary/aromatic N) is 1. The Bertz CT molecular complexity index is 598. The van der Waals surface area contributed by atoms with Crippen LogP contribution in [0.2, 0.25) is 0 Å². The van der Waals surface area contributed by atoms with E-state index in [4.69, 9.17) is 10.2 Å². The predicted molar refractivity (Wildman–Crippen MR) is 72.7 cm³/mol. The molecule has 0 spiro atoms. The zero-order valence-electron chi connectivity index (χ0n) is 11.3. The number of carbonyl (C=O) groups is 1. The quantitative estimate of drug-likeness (QED) is 0.827. The van der Waals surface area contributed by atoms with Crippen molar-refractivity contribution in [3.05, 3.63) is 46.7 Å². The maximum absolute atomic E-state index is 12.0. The Kier molecular flexibility index (Phi) is 3.55. The molecule has 0 aliphatic carbocycles. The first kappa shape index (κ1) is 13.1. The second-order valence-corrected chi connectivity index (χ2v) is 4.52. The molecule has 1 amide bonds. The molecule has 0 saturated heterocycles. The van der Waals surface area contributed by atoms with Crippen molar-refractivity contribution in [1.29, 1.82) is 0 Å². The van der Waals surface area contributed by atoms with Gasteiger partial charge in [-0.15, -0.1) is 0 Å². The van der Waals surface area contributed by atoms with Crippen LogP contribution in [0.15, 0.2) is 22.6 Å². The lowest BCUT2D eigenvalue weighted by Crippen LogP contribution is -2.24. The summed E-state index contributed by atoms with van der Waals surface area (Å²) in [6.45, 7) is 5.88. The highest BCUT2D eigenvalue weighted by atomic mass is 16.4. The van der Waals surface area contributed by atoms with Crippen LogP contribution >= 0.6 is 0 Å². The average molecular weight is 259 g/mol. The molecule has 5 heteroatoms. The summed E-state index contributed by atoms with van der Waals surface area (Å²) < 4.78 is 5.39. The molecule has 3 N–H and O–H groups in total. The first-order valence-corrected chi connectivity index (χ1v) is 6.04. The minimum absolute atomic E-state index is 0.231. The summed E-state index contributed by atoms with van der Waals surface area (Å²) in [7, 11) is 0. The standard InChI is InChI=1S/C14H17N3O2/c1-8-4-5-11(12(15)6-8)14(18)16-7-13-17-9(2)10(3)19-13/h4-6H,7,15H2,1-3H3,(H,16,18). The monoisotopic (exact) mass is 259 g/mol. The van der Waals surface area contributed by atoms with Gasteiger partial charge in [-0.05, 0) is 38.5 Å². The fraction of sp³-hybridized carbons (Fsp3) is 0.286. The number of nitrogen functional groups attached to an aromatic ring is 1. The van der Waals surface area contributed by atoms with Gasteiger partial charge in [0.15, 0.2) is 0 Å². The smallest absolute Gasteiger partial charge is 0.253 e. The minimum Gasteiger partial charge on any atom is -0.444 e. The van der Waals surface area contributed by atoms with Gasteiger partial charge in [-0.2, -0.15) is 0 Å². The van der Waals surface area contributed by atoms with Crippen LogP contribution < -0.4 is 11.1 Å². The zero-order chi connectivity index (χ0) is 14.0. The van der Waals surface area contributed by atoms with Crippen molar-refractivity contribution in [2.24, 2.45) is 0 Å². The van der Waals surface area contributed by atoms with Crippen LogP contribution in [0, 0.1) is 20.8 Å². The number of nitrogens with two attached hydrogens (primary N) is 1. The van der Waals surface area contributed by atoms with Gasteiger partial charge in [0.25, 0.3) is 5.91 Å². The number of anilines is 1. The van der Waals surface area contributed by atoms with E-state index >= 15 is 0 Å². The summed E-state index contributed by atoms with van der Waals surface area (Å²) in [5.41, 5.74) is 8.61. The van der Waals surface area contributed by atoms with Crippen LogP contribution in [-0.2, 0) is 6.54 Å². The number of aryl methyl sites for hydroxylation is 3. The van der Waals surface area contributed by atoms with Crippen LogP contribution in [0.25, 0.3) is 0 Å². The third-order valence-corrected chi connectivity index (χ3v) is 2.92. The molecule has 0 aliphatic rings. The molecule has 0 fully saturated rings. The van der Waals surface area contributed by atoms with Crippen LogP contribution in [0.1, 0.15) is 33.3 Å². The second kappa shape index (κ2) is 5.14. The van der Waals surface area contributed by atoms with Gasteiger partial charge in [0.05, 0.1) is 17.8 Å². The van der Waals surface area contributed by atoms with Gasteiger partial charge in [0, 0.05) is 5.69 Å². The van der Waals surface area contributed by atoms with Crippen molar-refractivity contribution in [3.63, 3.8) is 0 Å². The van der Waals surface area contributed by atoms with Crippen LogP contribution in [0.3, 0.4) is 0 Å². The lowest BCUT2D eigenvalue weighted by molar-refractivity contribution is 0.0948. The average Bonchev–Trinajstić information content (AvgIpc) is 2.66. The van der Waals surface area contributed by atoms with Crippen LogP contribution in [0.5, 0.6) is 0 Å². The number of aromatic nitrogens is 1. The predicted octanol–water partition coefficient (Wildman–Crippen LogP) is 2.11. The lowest BCUT2D eigenvalue weighted by Gasteiger charge is -2.06. The lowest BCUT2D eigenvalue weighted by atomic mass is 10.1. The van der Waals surface area contributed by atoms with Crippen molar-refractivity contribution in [2.45, 2.75) is 27.3 Å². The normalized spacial score (nSPS) is 10.5. The summed E-state index contributed by atoms with van der Waals surface area (Å²) in [5, 5.41) is 2.74. The molecule has 0 saturated carbocycles. The first-order valence-electron chi connectivity index (χ1n) is 6.04. The van der Waals surface area contributed by atoms with Gasteiger partial charge in [0.1, 0.15) is 5.76 Å². The summed E-state index contributed by atoms with van der Waals surface area (Å²) in [5.74, 6) is 1.03. The molecular weight excluding hydrogens is 242 g/mol. The highest BCUT2D eigenvalue weighted by Gasteiger charge is 2.11. The summed E-state index contributed by atoms with van der Waals surface area (Å²) in [4.78, 5) is 16.2. The van der Waals surface area contributed by atoms with E-state index in [2.05, 4.69) is 10.3 Å². The maximum atomic E-state index is 12.0. The Morgan fingerprint density at radius 2 is 2.11 bits per heavy atom. The molecule has 0 bridgehead atoms. The third kappa shape index (κ3) is 2.93. The number of hydrogen-bond acceptors (Lipinski definition) is 4. The Hall–Kier alpha value is -2.30. The van der Waals surface area contributed by atoms with Crippen LogP contribution in [0.4, 0.5) is 5.69 Å². The van der Waals surface area contributed by atoms with E-state index in [1.165, 1.54) is 0 Å². The Balaban J connectivity index is 2.05. The largest absolute Gasteiger partial charge is 0.444 e. The molecule has 0 radical (unpaired) electrons. The van der Waals surface area contributed by atoms with E-state index in [1.54, 1.807) is 12.1 Å². The molecule has 100 valence electrons. The summed E-state index contributed by atoms with van der Waals surface area (Å²) >= 11 is 0. The molecule has 1 aromatic carbocycles. The van der Waals surface area contributed by atoms with E-state index < -0.39 is 0 Å². The number of rotatable bonds is 3. The highest BCUT2D eigenvalue weighted by molar-refractivity contribution is 5.99. The topological polar surface area (TPSA) is 81.2 Å². The van der Waals surface area contributed by atoms with Crippen molar-refractivity contribution < 1.29 is 9.21 Å². The SMILES string of the molecule is Cc1ccc(C(=O)NCc2nc(C)c(C)o2)c(N)c1. The number of amides is 1. The molecule has 5 nitrogen and oxygen atoms in total. The highest BCUT2D eigenvalue weighted by Crippen LogP contribution is 2.14. The number of hydrogen-bond donors (Lipinski definition) is 2. The number of benzene rings is 1. The zero-order valence-corrected chi connectivity index (χ0v) is 11.3. The Morgan fingerprint density at radius 3 is 2.68 bits per heavy atom. The van der Waals surface area contributed by atoms with Gasteiger partial charge < -0.3 is 15.5 Å². The maximum Gasteiger partial charge on any atom is 0.253 e. The fourth-order valence-corrected chi connectivity index (χ4v) is 1.75. The van der Waals surface area contributed by atoms with Crippen LogP contribution in [-0.4, -0.2) is 10.9 Å². The first-order chi connectivity index (χ1) is 8.97. The molecular formula is C14H17N3O2. The summed E-state index contributed by atoms with van der Waals surface area (Å²) in [6, 6.07) is 5.34. The molecule has 1 heterocycles. The summed E-state index contributed by atoms with van der Waals surface area (Å²) in [6.07, 6.45) is 0. The molecule has 1 aromatic heterocycles. The molecule has 0 atom stereocenters. The fourth-order valence-electron chi connectivity index (χ4n) is 1.75. The Labute approximate surface area is 111 Å². The molecule has 0 aliphatic heterocycles. The molecule has 2 rings (SSSR count). The van der Waals surface area contributed by atoms with E-state index in [0.717, 1.165) is 17.0 Å². The number of oxazole rings is 1. The van der Waals surface area contributed by atoms with E-state index in [-0.39, 0.29) is 12.5 Å². The van der Waals surface area contributed by atoms with Crippen molar-refractivity contribution in [3.8, 4) is 0 Å². The van der Waals surface area contributed by atoms with Gasteiger partial charge in [0.2, 0.25) is 5.89 Å². The van der Waals surface area contributed by atoms with Crippen molar-refractivity contribution in [1.82, 2.24) is 10.3 Å².